The monoisotopic (exact) mass is 525 g/mol. The average Bonchev–Trinajstić information content (AvgIpc) is 3.40. The second kappa shape index (κ2) is 9.42. The molecule has 3 aromatic rings. The number of anilines is 2. The summed E-state index contributed by atoms with van der Waals surface area (Å²) < 4.78 is 35.4. The van der Waals surface area contributed by atoms with Gasteiger partial charge in [0.15, 0.2) is 5.65 Å². The quantitative estimate of drug-likeness (QED) is 0.449. The second-order valence-corrected chi connectivity index (χ2v) is 11.3. The van der Waals surface area contributed by atoms with Crippen molar-refractivity contribution in [2.75, 3.05) is 30.3 Å². The number of alkyl carbamates (subject to hydrolysis) is 1. The Morgan fingerprint density at radius 1 is 1.32 bits per heavy atom. The van der Waals surface area contributed by atoms with Gasteiger partial charge in [-0.3, -0.25) is 0 Å². The third-order valence-electron chi connectivity index (χ3n) is 6.60. The SMILES string of the molecule is Cc1c(-c2cccc(N)c2)c(N2CC[C@@](C)(CNC(=O)OC(C)(C)C)C2)n2nc(C(C)(F)F)nc2c1C#N. The van der Waals surface area contributed by atoms with Gasteiger partial charge in [0.1, 0.15) is 23.1 Å². The Morgan fingerprint density at radius 2 is 2.03 bits per heavy atom. The van der Waals surface area contributed by atoms with E-state index in [0.717, 1.165) is 12.5 Å². The first kappa shape index (κ1) is 27.1. The molecule has 1 aromatic carbocycles. The fourth-order valence-electron chi connectivity index (χ4n) is 4.79. The van der Waals surface area contributed by atoms with Gasteiger partial charge in [0.25, 0.3) is 0 Å². The number of ether oxygens (including phenoxy) is 1. The number of alkyl halides is 2. The molecule has 0 aliphatic carbocycles. The molecule has 3 N–H and O–H groups in total. The maximum absolute atomic E-state index is 14.3. The van der Waals surface area contributed by atoms with Crippen LogP contribution >= 0.6 is 0 Å². The first-order valence-electron chi connectivity index (χ1n) is 12.4. The lowest BCUT2D eigenvalue weighted by Crippen LogP contribution is -2.40. The molecule has 0 saturated carbocycles. The minimum atomic E-state index is -3.29. The number of nitriles is 1. The number of nitrogens with zero attached hydrogens (tertiary/aromatic N) is 5. The zero-order valence-corrected chi connectivity index (χ0v) is 22.5. The highest BCUT2D eigenvalue weighted by Crippen LogP contribution is 2.42. The molecule has 1 fully saturated rings. The highest BCUT2D eigenvalue weighted by Gasteiger charge is 2.39. The van der Waals surface area contributed by atoms with Crippen molar-refractivity contribution in [1.82, 2.24) is 19.9 Å². The summed E-state index contributed by atoms with van der Waals surface area (Å²) in [4.78, 5) is 18.4. The Bertz CT molecular complexity index is 1430. The zero-order chi connectivity index (χ0) is 28.0. The van der Waals surface area contributed by atoms with E-state index in [1.165, 1.54) is 4.52 Å². The minimum Gasteiger partial charge on any atom is -0.444 e. The average molecular weight is 526 g/mol. The fourth-order valence-corrected chi connectivity index (χ4v) is 4.79. The maximum Gasteiger partial charge on any atom is 0.407 e. The van der Waals surface area contributed by atoms with Crippen LogP contribution in [0, 0.1) is 23.7 Å². The van der Waals surface area contributed by atoms with E-state index in [1.807, 2.05) is 17.9 Å². The lowest BCUT2D eigenvalue weighted by molar-refractivity contribution is 0.00799. The molecule has 3 heterocycles. The van der Waals surface area contributed by atoms with Crippen molar-refractivity contribution in [2.24, 2.45) is 5.41 Å². The van der Waals surface area contributed by atoms with Crippen LogP contribution in [0.5, 0.6) is 0 Å². The van der Waals surface area contributed by atoms with E-state index in [0.29, 0.717) is 48.7 Å². The van der Waals surface area contributed by atoms with Gasteiger partial charge in [-0.2, -0.15) is 18.6 Å². The third kappa shape index (κ3) is 5.35. The number of hydrogen-bond donors (Lipinski definition) is 2. The molecule has 2 aromatic heterocycles. The van der Waals surface area contributed by atoms with E-state index < -0.39 is 23.4 Å². The molecule has 9 nitrogen and oxygen atoms in total. The van der Waals surface area contributed by atoms with E-state index in [4.69, 9.17) is 10.5 Å². The van der Waals surface area contributed by atoms with Crippen LogP contribution in [0.2, 0.25) is 0 Å². The van der Waals surface area contributed by atoms with Gasteiger partial charge in [0, 0.05) is 43.2 Å². The summed E-state index contributed by atoms with van der Waals surface area (Å²) in [5, 5.41) is 17.0. The maximum atomic E-state index is 14.3. The Kier molecular flexibility index (Phi) is 6.72. The summed E-state index contributed by atoms with van der Waals surface area (Å²) in [6, 6.07) is 9.33. The first-order valence-corrected chi connectivity index (χ1v) is 12.4. The summed E-state index contributed by atoms with van der Waals surface area (Å²) in [6.45, 7) is 11.4. The normalized spacial score (nSPS) is 18.0. The van der Waals surface area contributed by atoms with Crippen LogP contribution in [-0.2, 0) is 10.7 Å². The lowest BCUT2D eigenvalue weighted by Gasteiger charge is -2.29. The predicted molar refractivity (Wildman–Crippen MR) is 141 cm³/mol. The van der Waals surface area contributed by atoms with Crippen molar-refractivity contribution < 1.29 is 18.3 Å². The topological polar surface area (TPSA) is 122 Å². The van der Waals surface area contributed by atoms with Crippen LogP contribution in [0.25, 0.3) is 16.8 Å². The predicted octanol–water partition coefficient (Wildman–Crippen LogP) is 5.01. The van der Waals surface area contributed by atoms with E-state index in [9.17, 15) is 18.8 Å². The third-order valence-corrected chi connectivity index (χ3v) is 6.60. The molecule has 1 atom stereocenters. The van der Waals surface area contributed by atoms with Gasteiger partial charge in [-0.1, -0.05) is 19.1 Å². The lowest BCUT2D eigenvalue weighted by atomic mass is 9.90. The molecular formula is C27H33F2N7O2. The second-order valence-electron chi connectivity index (χ2n) is 11.3. The standard InChI is InChI=1S/C27H33F2N7O2/c1-16-19(13-30)21-33-23(27(6,28)29)34-36(21)22(20(16)17-8-7-9-18(31)12-17)35-11-10-26(5,15-35)14-32-24(37)38-25(2,3)4/h7-9,12H,10-11,14-15,31H2,1-6H3,(H,32,37)/t26-/m0/s1. The van der Waals surface area contributed by atoms with Crippen molar-refractivity contribution in [3.63, 3.8) is 0 Å². The molecule has 11 heteroatoms. The van der Waals surface area contributed by atoms with Crippen LogP contribution in [0.4, 0.5) is 25.1 Å². The number of aromatic nitrogens is 3. The Hall–Kier alpha value is -3.94. The minimum absolute atomic E-state index is 0.0738. The van der Waals surface area contributed by atoms with Crippen LogP contribution in [0.3, 0.4) is 0 Å². The Balaban J connectivity index is 1.83. The molecule has 1 aliphatic rings. The van der Waals surface area contributed by atoms with Crippen molar-refractivity contribution in [2.45, 2.75) is 59.5 Å². The van der Waals surface area contributed by atoms with Gasteiger partial charge in [-0.15, -0.1) is 5.10 Å². The van der Waals surface area contributed by atoms with Crippen molar-refractivity contribution in [1.29, 1.82) is 5.26 Å². The molecule has 1 saturated heterocycles. The zero-order valence-electron chi connectivity index (χ0n) is 22.5. The molecule has 0 unspecified atom stereocenters. The summed E-state index contributed by atoms with van der Waals surface area (Å²) in [7, 11) is 0. The summed E-state index contributed by atoms with van der Waals surface area (Å²) >= 11 is 0. The van der Waals surface area contributed by atoms with Crippen LogP contribution in [0.15, 0.2) is 24.3 Å². The van der Waals surface area contributed by atoms with Gasteiger partial charge in [0.2, 0.25) is 5.82 Å². The van der Waals surface area contributed by atoms with E-state index in [-0.39, 0.29) is 16.6 Å². The van der Waals surface area contributed by atoms with Crippen LogP contribution in [0.1, 0.15) is 58.0 Å². The summed E-state index contributed by atoms with van der Waals surface area (Å²) in [5.74, 6) is -3.41. The fraction of sp³-hybridized carbons (Fsp3) is 0.481. The van der Waals surface area contributed by atoms with E-state index in [2.05, 4.69) is 21.5 Å². The van der Waals surface area contributed by atoms with E-state index in [1.54, 1.807) is 45.9 Å². The molecule has 4 rings (SSSR count). The van der Waals surface area contributed by atoms with Gasteiger partial charge in [0.05, 0.1) is 0 Å². The van der Waals surface area contributed by atoms with Gasteiger partial charge in [-0.25, -0.2) is 9.78 Å². The number of nitrogens with two attached hydrogens (primary N) is 1. The molecule has 202 valence electrons. The Labute approximate surface area is 220 Å². The smallest absolute Gasteiger partial charge is 0.407 e. The molecule has 0 radical (unpaired) electrons. The number of pyridine rings is 1. The number of nitrogens with one attached hydrogen (secondary N) is 1. The van der Waals surface area contributed by atoms with Gasteiger partial charge >= 0.3 is 12.0 Å². The number of fused-ring (bicyclic) bond motifs is 1. The molecule has 0 bridgehead atoms. The number of nitrogen functional groups attached to an aromatic ring is 1. The number of hydrogen-bond acceptors (Lipinski definition) is 7. The molecule has 1 aliphatic heterocycles. The Morgan fingerprint density at radius 3 is 2.63 bits per heavy atom. The highest BCUT2D eigenvalue weighted by molar-refractivity contribution is 5.86. The number of rotatable bonds is 5. The summed E-state index contributed by atoms with van der Waals surface area (Å²) in [6.07, 6.45) is 0.214. The van der Waals surface area contributed by atoms with Crippen LogP contribution < -0.4 is 16.0 Å². The van der Waals surface area contributed by atoms with Gasteiger partial charge < -0.3 is 20.7 Å². The molecule has 0 spiro atoms. The van der Waals surface area contributed by atoms with Crippen molar-refractivity contribution >= 4 is 23.2 Å². The van der Waals surface area contributed by atoms with Gasteiger partial charge in [-0.05, 0) is 57.4 Å². The number of halogens is 2. The number of carbonyl (C=O) groups excluding carboxylic acids is 1. The number of carbonyl (C=O) groups is 1. The summed E-state index contributed by atoms with van der Waals surface area (Å²) in [5.41, 5.74) is 7.90. The first-order chi connectivity index (χ1) is 17.6. The van der Waals surface area contributed by atoms with Crippen molar-refractivity contribution in [3.05, 3.63) is 41.2 Å². The van der Waals surface area contributed by atoms with Crippen molar-refractivity contribution in [3.8, 4) is 17.2 Å². The highest BCUT2D eigenvalue weighted by atomic mass is 19.3. The number of benzene rings is 1. The van der Waals surface area contributed by atoms with Crippen LogP contribution in [-0.4, -0.2) is 45.9 Å². The molecular weight excluding hydrogens is 492 g/mol. The largest absolute Gasteiger partial charge is 0.444 e. The molecule has 38 heavy (non-hydrogen) atoms. The van der Waals surface area contributed by atoms with E-state index >= 15 is 0 Å². The molecule has 1 amide bonds. The number of amides is 1.